The Bertz CT molecular complexity index is 3630. The first kappa shape index (κ1) is 38.5. The van der Waals surface area contributed by atoms with E-state index in [1.165, 1.54) is 77.7 Å². The Balaban J connectivity index is 1.02. The van der Waals surface area contributed by atoms with Gasteiger partial charge in [0.15, 0.2) is 0 Å². The van der Waals surface area contributed by atoms with E-state index in [-0.39, 0.29) is 10.8 Å². The smallest absolute Gasteiger partial charge is 0.143 e. The third-order valence-electron chi connectivity index (χ3n) is 14.9. The largest absolute Gasteiger partial charge is 0.455 e. The first-order valence-corrected chi connectivity index (χ1v) is 23.2. The molecule has 0 saturated heterocycles. The van der Waals surface area contributed by atoms with Crippen LogP contribution in [0.5, 0.6) is 0 Å². The summed E-state index contributed by atoms with van der Waals surface area (Å²) in [5.74, 6) is 0. The molecule has 1 aromatic heterocycles. The zero-order valence-corrected chi connectivity index (χ0v) is 37.6. The molecule has 2 nitrogen and oxygen atoms in total. The summed E-state index contributed by atoms with van der Waals surface area (Å²) in [6.45, 7) is 9.47. The average molecular weight is 846 g/mol. The molecule has 0 atom stereocenters. The number of fused-ring (bicyclic) bond motifs is 11. The van der Waals surface area contributed by atoms with Gasteiger partial charge in [0.2, 0.25) is 0 Å². The molecular formula is C64H47NO. The van der Waals surface area contributed by atoms with Gasteiger partial charge < -0.3 is 9.32 Å². The highest BCUT2D eigenvalue weighted by Crippen LogP contribution is 2.54. The maximum absolute atomic E-state index is 6.82. The van der Waals surface area contributed by atoms with Crippen LogP contribution in [0.15, 0.2) is 217 Å². The lowest BCUT2D eigenvalue weighted by Crippen LogP contribution is -2.18. The van der Waals surface area contributed by atoms with Gasteiger partial charge in [-0.1, -0.05) is 198 Å². The zero-order chi connectivity index (χ0) is 44.3. The minimum Gasteiger partial charge on any atom is -0.455 e. The Kier molecular flexibility index (Phi) is 8.33. The molecule has 0 N–H and O–H groups in total. The van der Waals surface area contributed by atoms with Crippen LogP contribution >= 0.6 is 0 Å². The Morgan fingerprint density at radius 3 is 1.39 bits per heavy atom. The van der Waals surface area contributed by atoms with Crippen LogP contribution in [-0.2, 0) is 10.8 Å². The van der Waals surface area contributed by atoms with Crippen LogP contribution < -0.4 is 4.90 Å². The molecule has 0 saturated carbocycles. The van der Waals surface area contributed by atoms with Crippen molar-refractivity contribution in [3.63, 3.8) is 0 Å². The van der Waals surface area contributed by atoms with Gasteiger partial charge in [-0.25, -0.2) is 0 Å². The highest BCUT2D eigenvalue weighted by Gasteiger charge is 2.38. The van der Waals surface area contributed by atoms with Crippen molar-refractivity contribution in [1.29, 1.82) is 0 Å². The molecule has 10 aromatic carbocycles. The van der Waals surface area contributed by atoms with Crippen LogP contribution in [-0.4, -0.2) is 0 Å². The minimum atomic E-state index is -0.135. The second-order valence-electron chi connectivity index (χ2n) is 19.2. The molecule has 66 heavy (non-hydrogen) atoms. The number of hydrogen-bond donors (Lipinski definition) is 0. The van der Waals surface area contributed by atoms with Gasteiger partial charge in [-0.05, 0) is 120 Å². The molecule has 0 aliphatic heterocycles. The summed E-state index contributed by atoms with van der Waals surface area (Å²) in [4.78, 5) is 2.47. The predicted molar refractivity (Wildman–Crippen MR) is 277 cm³/mol. The minimum absolute atomic E-state index is 0.135. The lowest BCUT2D eigenvalue weighted by atomic mass is 9.82. The highest BCUT2D eigenvalue weighted by molar-refractivity contribution is 6.26. The predicted octanol–water partition coefficient (Wildman–Crippen LogP) is 17.8. The van der Waals surface area contributed by atoms with Crippen molar-refractivity contribution < 1.29 is 4.42 Å². The number of rotatable bonds is 6. The van der Waals surface area contributed by atoms with Crippen LogP contribution in [0.2, 0.25) is 0 Å². The van der Waals surface area contributed by atoms with E-state index in [0.717, 1.165) is 50.0 Å². The number of nitrogens with zero attached hydrogens (tertiary/aromatic N) is 1. The van der Waals surface area contributed by atoms with E-state index < -0.39 is 0 Å². The van der Waals surface area contributed by atoms with Gasteiger partial charge in [0.1, 0.15) is 11.2 Å². The SMILES string of the molecule is CC1(C)c2ccccc2-c2ccc(N(c3ccc(-c4c(-c5ccc(-c6ccccc6)cc5)c5ccccc5c5oc6ccccc6c45)cc3)c3ccc4c(c3)C(C)(C)c3ccccc3-4)cc21. The van der Waals surface area contributed by atoms with E-state index in [9.17, 15) is 0 Å². The summed E-state index contributed by atoms with van der Waals surface area (Å²) in [6.07, 6.45) is 0. The fraction of sp³-hybridized carbons (Fsp3) is 0.0938. The Morgan fingerprint density at radius 2 is 0.773 bits per heavy atom. The molecule has 0 amide bonds. The standard InChI is InChI=1S/C64H47NO/c1-63(2)54-23-13-10-18-47(54)49-36-34-45(38-56(49)63)65(46-35-37-50-48-19-11-14-24-55(48)64(3,4)57(50)39-46)44-32-30-43(31-33-44)60-59(42-28-26-41(27-29-42)40-16-6-5-7-17-40)51-20-8-9-21-52(51)62-61(60)53-22-12-15-25-58(53)66-62/h5-39H,1-4H3. The van der Waals surface area contributed by atoms with Crippen molar-refractivity contribution in [3.05, 3.63) is 235 Å². The molecule has 0 radical (unpaired) electrons. The molecule has 1 heterocycles. The lowest BCUT2D eigenvalue weighted by Gasteiger charge is -2.30. The van der Waals surface area contributed by atoms with E-state index >= 15 is 0 Å². The Hall–Kier alpha value is -7.94. The topological polar surface area (TPSA) is 16.4 Å². The summed E-state index contributed by atoms with van der Waals surface area (Å²) in [5, 5.41) is 4.53. The molecule has 0 unspecified atom stereocenters. The van der Waals surface area contributed by atoms with Gasteiger partial charge in [0, 0.05) is 49.6 Å². The fourth-order valence-corrected chi connectivity index (χ4v) is 11.6. The molecule has 0 bridgehead atoms. The summed E-state index contributed by atoms with van der Waals surface area (Å²) in [5.41, 5.74) is 22.8. The van der Waals surface area contributed by atoms with E-state index in [0.29, 0.717) is 0 Å². The second-order valence-corrected chi connectivity index (χ2v) is 19.2. The van der Waals surface area contributed by atoms with E-state index in [4.69, 9.17) is 4.42 Å². The second kappa shape index (κ2) is 14.3. The van der Waals surface area contributed by atoms with Crippen LogP contribution in [0.3, 0.4) is 0 Å². The average Bonchev–Trinajstić information content (AvgIpc) is 3.94. The van der Waals surface area contributed by atoms with E-state index in [1.54, 1.807) is 0 Å². The normalized spacial score (nSPS) is 14.0. The molecule has 11 aromatic rings. The van der Waals surface area contributed by atoms with Gasteiger partial charge in [0.05, 0.1) is 0 Å². The van der Waals surface area contributed by atoms with Gasteiger partial charge in [0.25, 0.3) is 0 Å². The van der Waals surface area contributed by atoms with Crippen LogP contribution in [0.25, 0.3) is 88.3 Å². The van der Waals surface area contributed by atoms with E-state index in [1.807, 2.05) is 0 Å². The molecule has 13 rings (SSSR count). The Morgan fingerprint density at radius 1 is 0.333 bits per heavy atom. The van der Waals surface area contributed by atoms with Crippen LogP contribution in [0, 0.1) is 0 Å². The van der Waals surface area contributed by atoms with Crippen molar-refractivity contribution in [1.82, 2.24) is 0 Å². The zero-order valence-electron chi connectivity index (χ0n) is 37.6. The van der Waals surface area contributed by atoms with Gasteiger partial charge in [-0.2, -0.15) is 0 Å². The number of anilines is 3. The van der Waals surface area contributed by atoms with Crippen molar-refractivity contribution >= 4 is 49.8 Å². The molecule has 2 aliphatic rings. The highest BCUT2D eigenvalue weighted by atomic mass is 16.3. The summed E-state index contributed by atoms with van der Waals surface area (Å²) in [7, 11) is 0. The van der Waals surface area contributed by atoms with E-state index in [2.05, 4.69) is 245 Å². The molecule has 314 valence electrons. The van der Waals surface area contributed by atoms with Crippen LogP contribution in [0.4, 0.5) is 17.1 Å². The quantitative estimate of drug-likeness (QED) is 0.166. The molecule has 0 fully saturated rings. The number of para-hydroxylation sites is 1. The van der Waals surface area contributed by atoms with Crippen molar-refractivity contribution in [2.75, 3.05) is 4.90 Å². The summed E-state index contributed by atoms with van der Waals surface area (Å²) < 4.78 is 6.82. The number of furan rings is 1. The van der Waals surface area contributed by atoms with Crippen LogP contribution in [0.1, 0.15) is 49.9 Å². The monoisotopic (exact) mass is 845 g/mol. The van der Waals surface area contributed by atoms with Gasteiger partial charge in [-0.15, -0.1) is 0 Å². The molecule has 2 heteroatoms. The lowest BCUT2D eigenvalue weighted by molar-refractivity contribution is 0.660. The summed E-state index contributed by atoms with van der Waals surface area (Å²) >= 11 is 0. The fourth-order valence-electron chi connectivity index (χ4n) is 11.6. The number of benzene rings is 10. The first-order chi connectivity index (χ1) is 32.3. The summed E-state index contributed by atoms with van der Waals surface area (Å²) in [6, 6.07) is 78.3. The maximum Gasteiger partial charge on any atom is 0.143 e. The van der Waals surface area contributed by atoms with Gasteiger partial charge in [-0.3, -0.25) is 0 Å². The maximum atomic E-state index is 6.82. The third kappa shape index (κ3) is 5.61. The van der Waals surface area contributed by atoms with Crippen molar-refractivity contribution in [2.45, 2.75) is 38.5 Å². The molecular weight excluding hydrogens is 799 g/mol. The van der Waals surface area contributed by atoms with Gasteiger partial charge >= 0.3 is 0 Å². The van der Waals surface area contributed by atoms with Crippen molar-refractivity contribution in [3.8, 4) is 55.6 Å². The Labute approximate surface area is 386 Å². The number of hydrogen-bond acceptors (Lipinski definition) is 2. The molecule has 0 spiro atoms. The molecule has 2 aliphatic carbocycles. The third-order valence-corrected chi connectivity index (χ3v) is 14.9. The van der Waals surface area contributed by atoms with Crippen molar-refractivity contribution in [2.24, 2.45) is 0 Å². The first-order valence-electron chi connectivity index (χ1n) is 23.2.